The number of aryl methyl sites for hydroxylation is 1. The molecule has 2 aromatic heterocycles. The van der Waals surface area contributed by atoms with Gasteiger partial charge in [0.15, 0.2) is 0 Å². The van der Waals surface area contributed by atoms with Gasteiger partial charge in [0.05, 0.1) is 11.0 Å². The van der Waals surface area contributed by atoms with E-state index in [2.05, 4.69) is 23.8 Å². The molecule has 1 aromatic carbocycles. The lowest BCUT2D eigenvalue weighted by Gasteiger charge is -2.15. The van der Waals surface area contributed by atoms with E-state index in [0.29, 0.717) is 33.9 Å². The van der Waals surface area contributed by atoms with E-state index in [1.54, 1.807) is 13.0 Å². The molecule has 3 aromatic rings. The van der Waals surface area contributed by atoms with Crippen molar-refractivity contribution in [2.24, 2.45) is 0 Å². The highest BCUT2D eigenvalue weighted by Gasteiger charge is 2.18. The number of rotatable bonds is 3. The van der Waals surface area contributed by atoms with Crippen molar-refractivity contribution in [2.45, 2.75) is 60.3 Å². The number of hydrogen-bond donors (Lipinski definition) is 1. The van der Waals surface area contributed by atoms with Gasteiger partial charge in [-0.25, -0.2) is 13.8 Å². The predicted molar refractivity (Wildman–Crippen MR) is 99.5 cm³/mol. The van der Waals surface area contributed by atoms with E-state index in [1.165, 1.54) is 10.5 Å². The molecule has 0 saturated heterocycles. The van der Waals surface area contributed by atoms with Crippen LogP contribution >= 0.6 is 0 Å². The van der Waals surface area contributed by atoms with E-state index in [-0.39, 0.29) is 12.8 Å². The van der Waals surface area contributed by atoms with E-state index in [9.17, 15) is 9.18 Å². The first-order chi connectivity index (χ1) is 11.5. The van der Waals surface area contributed by atoms with Crippen molar-refractivity contribution in [3.8, 4) is 0 Å². The van der Waals surface area contributed by atoms with Gasteiger partial charge in [-0.1, -0.05) is 27.7 Å². The number of aromatic amines is 1. The maximum absolute atomic E-state index is 13.8. The molecule has 0 aliphatic carbocycles. The summed E-state index contributed by atoms with van der Waals surface area (Å²) in [6, 6.07) is 3.06. The van der Waals surface area contributed by atoms with Crippen LogP contribution in [0.2, 0.25) is 0 Å². The Morgan fingerprint density at radius 1 is 1.25 bits per heavy atom. The summed E-state index contributed by atoms with van der Waals surface area (Å²) in [4.78, 5) is 20.5. The minimum atomic E-state index is -0.324. The van der Waals surface area contributed by atoms with Gasteiger partial charge in [-0.15, -0.1) is 0 Å². The molecule has 0 fully saturated rings. The maximum Gasteiger partial charge on any atom is 0.262 e. The van der Waals surface area contributed by atoms with Crippen molar-refractivity contribution >= 4 is 16.8 Å². The summed E-state index contributed by atoms with van der Waals surface area (Å²) in [6.07, 6.45) is 1.91. The van der Waals surface area contributed by atoms with Crippen molar-refractivity contribution in [3.63, 3.8) is 0 Å². The summed E-state index contributed by atoms with van der Waals surface area (Å²) in [5.41, 5.74) is 3.17. The Bertz CT molecular complexity index is 926. The van der Waals surface area contributed by atoms with Crippen LogP contribution in [0.15, 0.2) is 16.9 Å². The zero-order valence-corrected chi connectivity index (χ0v) is 15.3. The second-order valence-corrected chi connectivity index (χ2v) is 5.84. The van der Waals surface area contributed by atoms with Crippen LogP contribution in [-0.2, 0) is 0 Å². The smallest absolute Gasteiger partial charge is 0.262 e. The average molecular weight is 333 g/mol. The summed E-state index contributed by atoms with van der Waals surface area (Å²) in [5, 5.41) is 0. The number of benzene rings is 1. The molecule has 0 unspecified atom stereocenters. The molecule has 0 radical (unpaired) electrons. The summed E-state index contributed by atoms with van der Waals surface area (Å²) in [6.45, 7) is 11.7. The van der Waals surface area contributed by atoms with E-state index in [0.717, 1.165) is 18.5 Å². The third-order valence-electron chi connectivity index (χ3n) is 4.50. The Morgan fingerprint density at radius 2 is 1.88 bits per heavy atom. The summed E-state index contributed by atoms with van der Waals surface area (Å²) < 4.78 is 15.3. The van der Waals surface area contributed by atoms with E-state index < -0.39 is 0 Å². The van der Waals surface area contributed by atoms with Crippen LogP contribution in [0.25, 0.3) is 16.8 Å². The van der Waals surface area contributed by atoms with Crippen molar-refractivity contribution < 1.29 is 5.82 Å². The molecule has 0 spiro atoms. The minimum absolute atomic E-state index is 0. The Hall–Kier alpha value is -2.17. The fraction of sp³-hybridized carbons (Fsp3) is 0.474. The fourth-order valence-electron chi connectivity index (χ4n) is 3.09. The molecule has 0 amide bonds. The summed E-state index contributed by atoms with van der Waals surface area (Å²) in [7, 11) is 0. The molecular formula is C19H28FN3O. The fourth-order valence-corrected chi connectivity index (χ4v) is 3.09. The highest BCUT2D eigenvalue weighted by Crippen LogP contribution is 2.25. The highest BCUT2D eigenvalue weighted by molar-refractivity contribution is 5.80. The van der Waals surface area contributed by atoms with Crippen LogP contribution in [0.1, 0.15) is 64.7 Å². The van der Waals surface area contributed by atoms with Gasteiger partial charge in [0.1, 0.15) is 5.82 Å². The standard InChI is InChI=1S/C17H20FN3O.C2H6.H2/c1-5-11(6-2)15-10(4)16(22)21-14-8-12(18)9(3)7-13(14)19-17(21)20-15;1-2;/h7-8,11H,5-6H2,1-4H3,(H,19,20);1-2H3;1H. The predicted octanol–water partition coefficient (Wildman–Crippen LogP) is 5.11. The molecule has 24 heavy (non-hydrogen) atoms. The van der Waals surface area contributed by atoms with Crippen LogP contribution in [0.4, 0.5) is 4.39 Å². The summed E-state index contributed by atoms with van der Waals surface area (Å²) in [5.74, 6) is 0.462. The molecule has 132 valence electrons. The topological polar surface area (TPSA) is 50.2 Å². The van der Waals surface area contributed by atoms with Gasteiger partial charge in [-0.2, -0.15) is 0 Å². The zero-order valence-electron chi connectivity index (χ0n) is 15.3. The Morgan fingerprint density at radius 3 is 2.46 bits per heavy atom. The van der Waals surface area contributed by atoms with Crippen LogP contribution in [0.5, 0.6) is 0 Å². The van der Waals surface area contributed by atoms with Crippen molar-refractivity contribution in [1.29, 1.82) is 0 Å². The number of hydrogen-bond acceptors (Lipinski definition) is 2. The first-order valence-corrected chi connectivity index (χ1v) is 8.69. The minimum Gasteiger partial charge on any atom is -0.328 e. The average Bonchev–Trinajstić information content (AvgIpc) is 2.92. The molecule has 0 aliphatic heterocycles. The number of H-pyrrole nitrogens is 1. The van der Waals surface area contributed by atoms with Crippen molar-refractivity contribution in [2.75, 3.05) is 0 Å². The lowest BCUT2D eigenvalue weighted by molar-refractivity contribution is 0.616. The monoisotopic (exact) mass is 333 g/mol. The van der Waals surface area contributed by atoms with Gasteiger partial charge in [0.25, 0.3) is 5.56 Å². The number of nitrogens with one attached hydrogen (secondary N) is 1. The summed E-state index contributed by atoms with van der Waals surface area (Å²) >= 11 is 0. The van der Waals surface area contributed by atoms with Crippen LogP contribution < -0.4 is 5.56 Å². The number of fused-ring (bicyclic) bond motifs is 3. The molecule has 0 atom stereocenters. The Balaban J connectivity index is 0.00000101. The molecule has 0 aliphatic rings. The quantitative estimate of drug-likeness (QED) is 0.724. The molecule has 0 saturated carbocycles. The third-order valence-corrected chi connectivity index (χ3v) is 4.50. The number of aromatic nitrogens is 3. The lowest BCUT2D eigenvalue weighted by Crippen LogP contribution is -2.21. The maximum atomic E-state index is 13.8. The SMILES string of the molecule is CC.CCC(CC)c1[nH]c2nc3cc(C)c(F)cc3n2c(=O)c1C.[HH]. The molecule has 3 rings (SSSR count). The van der Waals surface area contributed by atoms with Gasteiger partial charge in [0.2, 0.25) is 5.78 Å². The normalized spacial score (nSPS) is 11.2. The van der Waals surface area contributed by atoms with Gasteiger partial charge in [-0.3, -0.25) is 4.79 Å². The highest BCUT2D eigenvalue weighted by atomic mass is 19.1. The second-order valence-electron chi connectivity index (χ2n) is 5.84. The third kappa shape index (κ3) is 2.83. The van der Waals surface area contributed by atoms with Gasteiger partial charge in [0, 0.05) is 18.8 Å². The van der Waals surface area contributed by atoms with E-state index in [4.69, 9.17) is 0 Å². The van der Waals surface area contributed by atoms with Crippen LogP contribution in [0, 0.1) is 19.7 Å². The first-order valence-electron chi connectivity index (χ1n) is 8.69. The van der Waals surface area contributed by atoms with Gasteiger partial charge in [-0.05, 0) is 44.2 Å². The van der Waals surface area contributed by atoms with E-state index >= 15 is 0 Å². The van der Waals surface area contributed by atoms with Crippen LogP contribution in [-0.4, -0.2) is 14.4 Å². The Labute approximate surface area is 143 Å². The first kappa shape index (κ1) is 18.2. The molecule has 5 heteroatoms. The van der Waals surface area contributed by atoms with Crippen molar-refractivity contribution in [1.82, 2.24) is 14.4 Å². The lowest BCUT2D eigenvalue weighted by atomic mass is 9.96. The second kappa shape index (κ2) is 7.16. The molecule has 4 nitrogen and oxygen atoms in total. The van der Waals surface area contributed by atoms with E-state index in [1.807, 2.05) is 20.8 Å². The largest absolute Gasteiger partial charge is 0.328 e. The number of halogens is 1. The van der Waals surface area contributed by atoms with Gasteiger partial charge < -0.3 is 4.98 Å². The molecular weight excluding hydrogens is 305 g/mol. The molecule has 2 heterocycles. The van der Waals surface area contributed by atoms with Gasteiger partial charge >= 0.3 is 0 Å². The molecule has 1 N–H and O–H groups in total. The number of nitrogens with zero attached hydrogens (tertiary/aromatic N) is 2. The van der Waals surface area contributed by atoms with Crippen molar-refractivity contribution in [3.05, 3.63) is 45.1 Å². The molecule has 0 bridgehead atoms. The zero-order chi connectivity index (χ0) is 18.0. The van der Waals surface area contributed by atoms with Crippen LogP contribution in [0.3, 0.4) is 0 Å². The number of imidazole rings is 1. The Kier molecular flexibility index (Phi) is 5.42.